The lowest BCUT2D eigenvalue weighted by Gasteiger charge is -2.31. The number of rotatable bonds is 4. The number of thiophene rings is 1. The molecule has 3 heterocycles. The average molecular weight is 401 g/mol. The van der Waals surface area contributed by atoms with Gasteiger partial charge in [0.05, 0.1) is 17.7 Å². The molecule has 1 aliphatic carbocycles. The maximum Gasteiger partial charge on any atom is 0.289 e. The third kappa shape index (κ3) is 3.56. The summed E-state index contributed by atoms with van der Waals surface area (Å²) < 4.78 is 5.19. The number of carbonyl (C=O) groups excluding carboxylic acids is 3. The summed E-state index contributed by atoms with van der Waals surface area (Å²) in [7, 11) is 0. The first-order valence-corrected chi connectivity index (χ1v) is 10.4. The third-order valence-corrected chi connectivity index (χ3v) is 6.67. The maximum atomic E-state index is 12.9. The van der Waals surface area contributed by atoms with Crippen molar-refractivity contribution in [1.29, 1.82) is 0 Å². The number of amides is 3. The van der Waals surface area contributed by atoms with Gasteiger partial charge in [0.25, 0.3) is 11.8 Å². The van der Waals surface area contributed by atoms with Gasteiger partial charge in [0.2, 0.25) is 5.91 Å². The fourth-order valence-corrected chi connectivity index (χ4v) is 5.36. The molecule has 2 aromatic heterocycles. The molecule has 2 aliphatic rings. The second-order valence-electron chi connectivity index (χ2n) is 7.34. The maximum absolute atomic E-state index is 12.9. The number of aryl methyl sites for hydroxylation is 1. The van der Waals surface area contributed by atoms with Crippen molar-refractivity contribution >= 4 is 34.1 Å². The van der Waals surface area contributed by atoms with E-state index in [9.17, 15) is 14.4 Å². The van der Waals surface area contributed by atoms with E-state index in [0.29, 0.717) is 30.1 Å². The number of nitrogens with zero attached hydrogens (tertiary/aromatic N) is 1. The number of anilines is 1. The number of piperidine rings is 1. The molecule has 1 saturated heterocycles. The first-order valence-electron chi connectivity index (χ1n) is 9.62. The van der Waals surface area contributed by atoms with Gasteiger partial charge in [-0.3, -0.25) is 14.4 Å². The first-order chi connectivity index (χ1) is 13.5. The molecule has 4 rings (SSSR count). The van der Waals surface area contributed by atoms with Gasteiger partial charge >= 0.3 is 0 Å². The van der Waals surface area contributed by atoms with Gasteiger partial charge in [-0.2, -0.15) is 0 Å². The zero-order valence-electron chi connectivity index (χ0n) is 15.5. The zero-order valence-corrected chi connectivity index (χ0v) is 16.3. The van der Waals surface area contributed by atoms with E-state index >= 15 is 0 Å². The lowest BCUT2D eigenvalue weighted by molar-refractivity contribution is -0.121. The molecule has 1 fully saturated rings. The molecule has 7 nitrogen and oxygen atoms in total. The summed E-state index contributed by atoms with van der Waals surface area (Å²) in [5, 5.41) is 3.48. The van der Waals surface area contributed by atoms with Crippen LogP contribution in [-0.2, 0) is 17.6 Å². The van der Waals surface area contributed by atoms with Crippen LogP contribution >= 0.6 is 11.3 Å². The van der Waals surface area contributed by atoms with Crippen molar-refractivity contribution in [3.05, 3.63) is 40.2 Å². The Balaban J connectivity index is 1.49. The lowest BCUT2D eigenvalue weighted by Crippen LogP contribution is -2.43. The number of hydrogen-bond donors (Lipinski definition) is 2. The minimum atomic E-state index is -0.493. The Morgan fingerprint density at radius 2 is 2.04 bits per heavy atom. The molecule has 1 atom stereocenters. The Bertz CT molecular complexity index is 903. The molecule has 2 aromatic rings. The Hall–Kier alpha value is -2.61. The van der Waals surface area contributed by atoms with E-state index in [1.165, 1.54) is 17.6 Å². The van der Waals surface area contributed by atoms with Crippen molar-refractivity contribution in [1.82, 2.24) is 4.90 Å². The predicted molar refractivity (Wildman–Crippen MR) is 105 cm³/mol. The number of fused-ring (bicyclic) bond motifs is 1. The number of likely N-dealkylation sites (tertiary alicyclic amines) is 1. The highest BCUT2D eigenvalue weighted by molar-refractivity contribution is 7.17. The molecule has 1 aliphatic heterocycles. The molecule has 3 amide bonds. The molecule has 28 heavy (non-hydrogen) atoms. The summed E-state index contributed by atoms with van der Waals surface area (Å²) >= 11 is 1.46. The van der Waals surface area contributed by atoms with Gasteiger partial charge in [-0.1, -0.05) is 0 Å². The van der Waals surface area contributed by atoms with Gasteiger partial charge in [-0.25, -0.2) is 0 Å². The molecule has 0 spiro atoms. The van der Waals surface area contributed by atoms with E-state index in [1.807, 2.05) is 0 Å². The average Bonchev–Trinajstić information content (AvgIpc) is 3.35. The summed E-state index contributed by atoms with van der Waals surface area (Å²) in [5.74, 6) is -0.909. The zero-order chi connectivity index (χ0) is 19.7. The van der Waals surface area contributed by atoms with Gasteiger partial charge < -0.3 is 20.4 Å². The summed E-state index contributed by atoms with van der Waals surface area (Å²) in [5.41, 5.74) is 7.07. The SMILES string of the molecule is NC(=O)c1c(NC(=O)C2CCCN(C(=O)c3ccco3)C2)sc2c1CCCC2. The smallest absolute Gasteiger partial charge is 0.289 e. The standard InChI is InChI=1S/C20H23N3O4S/c21-17(24)16-13-6-1-2-8-15(13)28-19(16)22-18(25)12-5-3-9-23(11-12)20(26)14-7-4-10-27-14/h4,7,10,12H,1-3,5-6,8-9,11H2,(H2,21,24)(H,22,25). The number of nitrogens with one attached hydrogen (secondary N) is 1. The summed E-state index contributed by atoms with van der Waals surface area (Å²) in [6.07, 6.45) is 6.78. The van der Waals surface area contributed by atoms with Crippen LogP contribution in [0.25, 0.3) is 0 Å². The summed E-state index contributed by atoms with van der Waals surface area (Å²) in [6.45, 7) is 0.936. The predicted octanol–water partition coefficient (Wildman–Crippen LogP) is 2.81. The fourth-order valence-electron chi connectivity index (χ4n) is 4.06. The van der Waals surface area contributed by atoms with Gasteiger partial charge in [0.15, 0.2) is 5.76 Å². The van der Waals surface area contributed by atoms with Gasteiger partial charge in [0.1, 0.15) is 5.00 Å². The number of carbonyl (C=O) groups is 3. The van der Waals surface area contributed by atoms with Gasteiger partial charge in [-0.15, -0.1) is 11.3 Å². The molecule has 0 bridgehead atoms. The molecule has 1 unspecified atom stereocenters. The number of hydrogen-bond acceptors (Lipinski definition) is 5. The number of furan rings is 1. The fraction of sp³-hybridized carbons (Fsp3) is 0.450. The van der Waals surface area contributed by atoms with Crippen molar-refractivity contribution < 1.29 is 18.8 Å². The molecular formula is C20H23N3O4S. The van der Waals surface area contributed by atoms with E-state index in [2.05, 4.69) is 5.32 Å². The van der Waals surface area contributed by atoms with E-state index in [-0.39, 0.29) is 23.5 Å². The van der Waals surface area contributed by atoms with E-state index in [1.54, 1.807) is 17.0 Å². The minimum Gasteiger partial charge on any atom is -0.459 e. The van der Waals surface area contributed by atoms with Crippen molar-refractivity contribution in [2.24, 2.45) is 11.7 Å². The monoisotopic (exact) mass is 401 g/mol. The molecule has 148 valence electrons. The van der Waals surface area contributed by atoms with Crippen LogP contribution in [0.1, 0.15) is 57.0 Å². The molecular weight excluding hydrogens is 378 g/mol. The van der Waals surface area contributed by atoms with Crippen LogP contribution < -0.4 is 11.1 Å². The minimum absolute atomic E-state index is 0.168. The van der Waals surface area contributed by atoms with Crippen molar-refractivity contribution in [2.45, 2.75) is 38.5 Å². The largest absolute Gasteiger partial charge is 0.459 e. The first kappa shape index (κ1) is 18.7. The van der Waals surface area contributed by atoms with Crippen LogP contribution in [0.4, 0.5) is 5.00 Å². The molecule has 3 N–H and O–H groups in total. The summed E-state index contributed by atoms with van der Waals surface area (Å²) in [4.78, 5) is 40.2. The number of nitrogens with two attached hydrogens (primary N) is 1. The normalized spacial score (nSPS) is 19.1. The molecule has 0 aromatic carbocycles. The van der Waals surface area contributed by atoms with Crippen LogP contribution in [0.15, 0.2) is 22.8 Å². The second-order valence-corrected chi connectivity index (χ2v) is 8.44. The highest BCUT2D eigenvalue weighted by Crippen LogP contribution is 2.38. The Labute approximate surface area is 166 Å². The Morgan fingerprint density at radius 1 is 1.21 bits per heavy atom. The van der Waals surface area contributed by atoms with Crippen molar-refractivity contribution in [3.63, 3.8) is 0 Å². The van der Waals surface area contributed by atoms with Crippen LogP contribution in [-0.4, -0.2) is 35.7 Å². The Kier molecular flexibility index (Phi) is 5.21. The van der Waals surface area contributed by atoms with Gasteiger partial charge in [0, 0.05) is 18.0 Å². The Morgan fingerprint density at radius 3 is 2.79 bits per heavy atom. The van der Waals surface area contributed by atoms with E-state index in [4.69, 9.17) is 10.2 Å². The number of primary amides is 1. The summed E-state index contributed by atoms with van der Waals surface area (Å²) in [6, 6.07) is 3.30. The van der Waals surface area contributed by atoms with Crippen molar-refractivity contribution in [2.75, 3.05) is 18.4 Å². The van der Waals surface area contributed by atoms with Crippen LogP contribution in [0.2, 0.25) is 0 Å². The topological polar surface area (TPSA) is 106 Å². The molecule has 0 radical (unpaired) electrons. The second kappa shape index (κ2) is 7.79. The van der Waals surface area contributed by atoms with E-state index in [0.717, 1.165) is 42.5 Å². The van der Waals surface area contributed by atoms with E-state index < -0.39 is 5.91 Å². The van der Waals surface area contributed by atoms with Crippen LogP contribution in [0.5, 0.6) is 0 Å². The molecule has 8 heteroatoms. The quantitative estimate of drug-likeness (QED) is 0.822. The highest BCUT2D eigenvalue weighted by atomic mass is 32.1. The lowest BCUT2D eigenvalue weighted by atomic mass is 9.95. The molecule has 0 saturated carbocycles. The third-order valence-electron chi connectivity index (χ3n) is 5.47. The van der Waals surface area contributed by atoms with Crippen LogP contribution in [0, 0.1) is 5.92 Å². The van der Waals surface area contributed by atoms with Gasteiger partial charge in [-0.05, 0) is 56.2 Å². The van der Waals surface area contributed by atoms with Crippen molar-refractivity contribution in [3.8, 4) is 0 Å². The highest BCUT2D eigenvalue weighted by Gasteiger charge is 2.32. The van der Waals surface area contributed by atoms with Crippen LogP contribution in [0.3, 0.4) is 0 Å².